The minimum atomic E-state index is -0.596. The van der Waals surface area contributed by atoms with Crippen LogP contribution in [0.1, 0.15) is 37.3 Å². The fraction of sp³-hybridized carbons (Fsp3) is 0.261. The molecule has 0 unspecified atom stereocenters. The third-order valence-corrected chi connectivity index (χ3v) is 7.71. The number of aromatic hydroxyl groups is 1. The highest BCUT2D eigenvalue weighted by atomic mass is 127. The molecule has 1 atom stereocenters. The molecule has 1 aliphatic rings. The molecule has 2 aromatic heterocycles. The number of hydrogen-bond acceptors (Lipinski definition) is 8. The number of benzene rings is 1. The average Bonchev–Trinajstić information content (AvgIpc) is 3.40. The Kier molecular flexibility index (Phi) is 7.05. The molecule has 0 amide bonds. The number of hydrogen-bond donors (Lipinski definition) is 1. The number of phenolic OH excluding ortho intramolecular Hbond substituents is 1. The van der Waals surface area contributed by atoms with Crippen LogP contribution in [0.3, 0.4) is 0 Å². The minimum Gasteiger partial charge on any atom is -0.504 e. The van der Waals surface area contributed by atoms with Gasteiger partial charge in [-0.1, -0.05) is 17.4 Å². The van der Waals surface area contributed by atoms with E-state index >= 15 is 0 Å². The summed E-state index contributed by atoms with van der Waals surface area (Å²) < 4.78 is 13.5. The number of esters is 1. The van der Waals surface area contributed by atoms with E-state index in [0.717, 1.165) is 10.4 Å². The summed E-state index contributed by atoms with van der Waals surface area (Å²) in [5.41, 5.74) is 1.39. The zero-order chi connectivity index (χ0) is 23.7. The summed E-state index contributed by atoms with van der Waals surface area (Å²) in [5.74, 6) is -0.0373. The maximum atomic E-state index is 13.5. The lowest BCUT2D eigenvalue weighted by molar-refractivity contribution is -0.139. The first-order valence-electron chi connectivity index (χ1n) is 10.2. The van der Waals surface area contributed by atoms with Crippen LogP contribution in [0.2, 0.25) is 0 Å². The number of allylic oxidation sites excluding steroid dienone is 1. The van der Waals surface area contributed by atoms with Crippen LogP contribution in [0.25, 0.3) is 6.08 Å². The number of thiophene rings is 1. The summed E-state index contributed by atoms with van der Waals surface area (Å²) in [6.45, 7) is 6.00. The average molecular weight is 596 g/mol. The molecule has 7 nitrogen and oxygen atoms in total. The lowest BCUT2D eigenvalue weighted by Crippen LogP contribution is -2.39. The van der Waals surface area contributed by atoms with E-state index in [2.05, 4.69) is 4.99 Å². The first-order chi connectivity index (χ1) is 15.8. The molecule has 1 aromatic carbocycles. The van der Waals surface area contributed by atoms with Crippen molar-refractivity contribution in [2.75, 3.05) is 13.2 Å². The summed E-state index contributed by atoms with van der Waals surface area (Å²) in [6.07, 6.45) is 1.75. The van der Waals surface area contributed by atoms with E-state index in [-0.39, 0.29) is 17.9 Å². The molecule has 0 fully saturated rings. The second-order valence-corrected chi connectivity index (χ2v) is 10.3. The number of ether oxygens (including phenoxy) is 2. The number of aromatic nitrogens is 1. The molecule has 1 N–H and O–H groups in total. The van der Waals surface area contributed by atoms with Gasteiger partial charge in [0.25, 0.3) is 5.56 Å². The van der Waals surface area contributed by atoms with E-state index in [4.69, 9.17) is 9.47 Å². The van der Waals surface area contributed by atoms with Gasteiger partial charge in [0.05, 0.1) is 32.6 Å². The van der Waals surface area contributed by atoms with Crippen LogP contribution in [0, 0.1) is 3.57 Å². The first-order valence-corrected chi connectivity index (χ1v) is 13.0. The molecular formula is C23H21IN2O5S2. The predicted octanol–water partition coefficient (Wildman–Crippen LogP) is 3.57. The fourth-order valence-electron chi connectivity index (χ4n) is 3.60. The van der Waals surface area contributed by atoms with Gasteiger partial charge in [0, 0.05) is 4.88 Å². The monoisotopic (exact) mass is 596 g/mol. The topological polar surface area (TPSA) is 90.1 Å². The Hall–Kier alpha value is -2.44. The van der Waals surface area contributed by atoms with E-state index in [1.165, 1.54) is 22.7 Å². The molecule has 33 heavy (non-hydrogen) atoms. The number of phenols is 1. The van der Waals surface area contributed by atoms with Crippen molar-refractivity contribution < 1.29 is 19.4 Å². The Bertz CT molecular complexity index is 1420. The van der Waals surface area contributed by atoms with Gasteiger partial charge < -0.3 is 14.6 Å². The largest absolute Gasteiger partial charge is 0.504 e. The minimum absolute atomic E-state index is 0.0726. The van der Waals surface area contributed by atoms with Gasteiger partial charge in [-0.05, 0) is 78.6 Å². The van der Waals surface area contributed by atoms with Crippen molar-refractivity contribution in [2.24, 2.45) is 4.99 Å². The van der Waals surface area contributed by atoms with E-state index < -0.39 is 12.0 Å². The van der Waals surface area contributed by atoms with Crippen LogP contribution in [-0.4, -0.2) is 28.9 Å². The van der Waals surface area contributed by atoms with Gasteiger partial charge in [-0.15, -0.1) is 11.3 Å². The second kappa shape index (κ2) is 9.82. The maximum absolute atomic E-state index is 13.5. The lowest BCUT2D eigenvalue weighted by atomic mass is 10.0. The van der Waals surface area contributed by atoms with Crippen molar-refractivity contribution in [3.8, 4) is 11.5 Å². The Labute approximate surface area is 211 Å². The van der Waals surface area contributed by atoms with Gasteiger partial charge in [-0.25, -0.2) is 9.79 Å². The van der Waals surface area contributed by atoms with Crippen molar-refractivity contribution in [2.45, 2.75) is 26.8 Å². The van der Waals surface area contributed by atoms with Crippen LogP contribution in [0.5, 0.6) is 11.5 Å². The van der Waals surface area contributed by atoms with Crippen LogP contribution in [0.15, 0.2) is 50.7 Å². The summed E-state index contributed by atoms with van der Waals surface area (Å²) in [7, 11) is 0. The highest BCUT2D eigenvalue weighted by Crippen LogP contribution is 2.34. The normalized spacial score (nSPS) is 15.9. The van der Waals surface area contributed by atoms with Gasteiger partial charge in [0.15, 0.2) is 16.3 Å². The smallest absolute Gasteiger partial charge is 0.338 e. The van der Waals surface area contributed by atoms with Gasteiger partial charge >= 0.3 is 5.97 Å². The predicted molar refractivity (Wildman–Crippen MR) is 137 cm³/mol. The lowest BCUT2D eigenvalue weighted by Gasteiger charge is -2.23. The molecule has 0 saturated heterocycles. The third-order valence-electron chi connectivity index (χ3n) is 4.98. The van der Waals surface area contributed by atoms with Crippen LogP contribution in [0.4, 0.5) is 0 Å². The van der Waals surface area contributed by atoms with Crippen molar-refractivity contribution in [3.05, 3.63) is 74.6 Å². The standard InChI is InChI=1S/C23H21IN2O5S2/c1-4-30-15-10-13(9-14(24)20(15)27)11-17-21(28)26-19(16-7-6-8-32-16)18(22(29)31-5-2)12(3)25-23(26)33-17/h6-11,19,27H,4-5H2,1-3H3/b17-11-/t19-/m1/s1. The molecule has 0 spiro atoms. The van der Waals surface area contributed by atoms with E-state index in [0.29, 0.717) is 36.5 Å². The first kappa shape index (κ1) is 23.7. The van der Waals surface area contributed by atoms with Crippen molar-refractivity contribution >= 4 is 57.3 Å². The van der Waals surface area contributed by atoms with E-state index in [1.807, 2.05) is 47.0 Å². The molecule has 4 rings (SSSR count). The Morgan fingerprint density at radius 1 is 1.33 bits per heavy atom. The van der Waals surface area contributed by atoms with Crippen LogP contribution in [-0.2, 0) is 9.53 Å². The van der Waals surface area contributed by atoms with Crippen molar-refractivity contribution in [1.29, 1.82) is 0 Å². The molecule has 0 aliphatic carbocycles. The molecule has 3 heterocycles. The molecule has 172 valence electrons. The fourth-order valence-corrected chi connectivity index (χ4v) is 6.10. The number of rotatable bonds is 6. The Balaban J connectivity index is 1.91. The van der Waals surface area contributed by atoms with Gasteiger partial charge in [-0.2, -0.15) is 0 Å². The quantitative estimate of drug-likeness (QED) is 0.347. The molecule has 0 radical (unpaired) electrons. The van der Waals surface area contributed by atoms with Crippen molar-refractivity contribution in [3.63, 3.8) is 0 Å². The zero-order valence-corrected chi connectivity index (χ0v) is 21.9. The van der Waals surface area contributed by atoms with Crippen LogP contribution >= 0.6 is 45.3 Å². The van der Waals surface area contributed by atoms with Gasteiger partial charge in [-0.3, -0.25) is 9.36 Å². The zero-order valence-electron chi connectivity index (χ0n) is 18.1. The summed E-state index contributed by atoms with van der Waals surface area (Å²) in [5, 5.41) is 12.1. The van der Waals surface area contributed by atoms with Gasteiger partial charge in [0.2, 0.25) is 0 Å². The summed E-state index contributed by atoms with van der Waals surface area (Å²) >= 11 is 4.76. The Morgan fingerprint density at radius 2 is 2.12 bits per heavy atom. The molecule has 0 bridgehead atoms. The highest BCUT2D eigenvalue weighted by molar-refractivity contribution is 14.1. The van der Waals surface area contributed by atoms with E-state index in [9.17, 15) is 14.7 Å². The molecule has 3 aromatic rings. The maximum Gasteiger partial charge on any atom is 0.338 e. The van der Waals surface area contributed by atoms with E-state index in [1.54, 1.807) is 36.6 Å². The van der Waals surface area contributed by atoms with Crippen LogP contribution < -0.4 is 19.6 Å². The number of fused-ring (bicyclic) bond motifs is 1. The number of thiazole rings is 1. The summed E-state index contributed by atoms with van der Waals surface area (Å²) in [4.78, 5) is 32.3. The molecule has 0 saturated carbocycles. The Morgan fingerprint density at radius 3 is 2.79 bits per heavy atom. The summed E-state index contributed by atoms with van der Waals surface area (Å²) in [6, 6.07) is 6.68. The number of nitrogens with zero attached hydrogens (tertiary/aromatic N) is 2. The third kappa shape index (κ3) is 4.51. The number of halogens is 1. The van der Waals surface area contributed by atoms with Crippen molar-refractivity contribution in [1.82, 2.24) is 4.57 Å². The van der Waals surface area contributed by atoms with Gasteiger partial charge in [0.1, 0.15) is 6.04 Å². The molecular weight excluding hydrogens is 575 g/mol. The molecule has 1 aliphatic heterocycles. The number of carbonyl (C=O) groups is 1. The molecule has 10 heteroatoms. The SMILES string of the molecule is CCOC(=O)C1=C(C)N=c2s/c(=C\c3cc(I)c(O)c(OCC)c3)c(=O)n2[C@@H]1c1cccs1. The number of carbonyl (C=O) groups excluding carboxylic acids is 1. The second-order valence-electron chi connectivity index (χ2n) is 7.10. The highest BCUT2D eigenvalue weighted by Gasteiger charge is 2.33.